The highest BCUT2D eigenvalue weighted by Crippen LogP contribution is 2.28. The lowest BCUT2D eigenvalue weighted by Crippen LogP contribution is -2.36. The van der Waals surface area contributed by atoms with Gasteiger partial charge in [-0.2, -0.15) is 0 Å². The molecular weight excluding hydrogens is 370 g/mol. The maximum absolute atomic E-state index is 12.3. The largest absolute Gasteiger partial charge is 0.371 e. The molecule has 0 saturated heterocycles. The van der Waals surface area contributed by atoms with Gasteiger partial charge in [-0.1, -0.05) is 61.5 Å². The van der Waals surface area contributed by atoms with E-state index in [9.17, 15) is 4.79 Å². The molecule has 1 aliphatic heterocycles. The number of hydrogen-bond donors (Lipinski definition) is 2. The van der Waals surface area contributed by atoms with Crippen LogP contribution >= 0.6 is 0 Å². The zero-order valence-corrected chi connectivity index (χ0v) is 17.8. The number of amides is 2. The molecule has 1 heterocycles. The lowest BCUT2D eigenvalue weighted by atomic mass is 9.98. The summed E-state index contributed by atoms with van der Waals surface area (Å²) < 4.78 is 0. The quantitative estimate of drug-likeness (QED) is 0.582. The predicted octanol–water partition coefficient (Wildman–Crippen LogP) is 5.04. The summed E-state index contributed by atoms with van der Waals surface area (Å²) in [7, 11) is 0. The van der Waals surface area contributed by atoms with Crippen LogP contribution in [0.1, 0.15) is 36.5 Å². The summed E-state index contributed by atoms with van der Waals surface area (Å²) in [5.74, 6) is 0. The number of urea groups is 1. The van der Waals surface area contributed by atoms with Crippen LogP contribution in [0.2, 0.25) is 0 Å². The van der Waals surface area contributed by atoms with Gasteiger partial charge < -0.3 is 15.5 Å². The van der Waals surface area contributed by atoms with E-state index in [0.29, 0.717) is 13.1 Å². The van der Waals surface area contributed by atoms with Crippen LogP contribution < -0.4 is 15.5 Å². The summed E-state index contributed by atoms with van der Waals surface area (Å²) in [6.07, 6.45) is 4.41. The van der Waals surface area contributed by atoms with Crippen molar-refractivity contribution in [3.63, 3.8) is 0 Å². The van der Waals surface area contributed by atoms with Crippen LogP contribution in [0, 0.1) is 0 Å². The van der Waals surface area contributed by atoms with Crippen LogP contribution in [0.3, 0.4) is 0 Å². The average molecular weight is 402 g/mol. The normalized spacial score (nSPS) is 13.2. The van der Waals surface area contributed by atoms with Gasteiger partial charge in [-0.15, -0.1) is 0 Å². The minimum absolute atomic E-state index is 0.116. The molecule has 2 amide bonds. The molecule has 0 atom stereocenters. The van der Waals surface area contributed by atoms with E-state index in [0.717, 1.165) is 24.9 Å². The fraction of sp³-hybridized carbons (Fsp3) is 0.346. The lowest BCUT2D eigenvalue weighted by molar-refractivity contribution is 0.240. The fourth-order valence-electron chi connectivity index (χ4n) is 4.39. The van der Waals surface area contributed by atoms with Crippen molar-refractivity contribution in [3.8, 4) is 0 Å². The Morgan fingerprint density at radius 2 is 1.90 bits per heavy atom. The molecule has 1 aliphatic rings. The summed E-state index contributed by atoms with van der Waals surface area (Å²) in [5, 5.41) is 8.37. The molecule has 30 heavy (non-hydrogen) atoms. The van der Waals surface area contributed by atoms with Crippen molar-refractivity contribution in [3.05, 3.63) is 77.4 Å². The Bertz CT molecular complexity index is 1010. The maximum Gasteiger partial charge on any atom is 0.315 e. The highest BCUT2D eigenvalue weighted by molar-refractivity contribution is 5.86. The second-order valence-corrected chi connectivity index (χ2v) is 8.05. The SMILES string of the molecule is CCCN1CCCc2cc(CCNC(=O)NCc3cccc4ccccc34)ccc21. The Morgan fingerprint density at radius 1 is 1.03 bits per heavy atom. The van der Waals surface area contributed by atoms with Gasteiger partial charge in [0.2, 0.25) is 0 Å². The number of hydrogen-bond acceptors (Lipinski definition) is 2. The molecule has 0 saturated carbocycles. The minimum atomic E-state index is -0.116. The predicted molar refractivity (Wildman–Crippen MR) is 125 cm³/mol. The van der Waals surface area contributed by atoms with E-state index < -0.39 is 0 Å². The van der Waals surface area contributed by atoms with Crippen molar-refractivity contribution in [1.29, 1.82) is 0 Å². The van der Waals surface area contributed by atoms with E-state index >= 15 is 0 Å². The first-order valence-electron chi connectivity index (χ1n) is 11.1. The van der Waals surface area contributed by atoms with Crippen molar-refractivity contribution < 1.29 is 4.79 Å². The summed E-state index contributed by atoms with van der Waals surface area (Å²) in [4.78, 5) is 14.8. The van der Waals surface area contributed by atoms with Crippen LogP contribution in [0.5, 0.6) is 0 Å². The molecule has 0 fully saturated rings. The smallest absolute Gasteiger partial charge is 0.315 e. The Balaban J connectivity index is 1.28. The van der Waals surface area contributed by atoms with E-state index in [2.05, 4.69) is 64.9 Å². The second kappa shape index (κ2) is 9.66. The van der Waals surface area contributed by atoms with Gasteiger partial charge in [0.15, 0.2) is 0 Å². The number of benzene rings is 3. The first-order chi connectivity index (χ1) is 14.7. The van der Waals surface area contributed by atoms with Gasteiger partial charge in [-0.05, 0) is 59.2 Å². The Hall–Kier alpha value is -3.01. The van der Waals surface area contributed by atoms with E-state index in [1.165, 1.54) is 47.0 Å². The Kier molecular flexibility index (Phi) is 6.53. The molecule has 4 heteroatoms. The Labute approximate surface area is 179 Å². The molecule has 3 aromatic carbocycles. The number of fused-ring (bicyclic) bond motifs is 2. The summed E-state index contributed by atoms with van der Waals surface area (Å²) in [6, 6.07) is 21.2. The average Bonchev–Trinajstić information content (AvgIpc) is 2.78. The molecule has 0 radical (unpaired) electrons. The number of anilines is 1. The highest BCUT2D eigenvalue weighted by atomic mass is 16.2. The van der Waals surface area contributed by atoms with Crippen molar-refractivity contribution >= 4 is 22.5 Å². The van der Waals surface area contributed by atoms with Crippen molar-refractivity contribution in [2.75, 3.05) is 24.5 Å². The molecular formula is C26H31N3O. The molecule has 0 spiro atoms. The zero-order chi connectivity index (χ0) is 20.8. The van der Waals surface area contributed by atoms with Crippen LogP contribution in [-0.2, 0) is 19.4 Å². The van der Waals surface area contributed by atoms with E-state index in [-0.39, 0.29) is 6.03 Å². The lowest BCUT2D eigenvalue weighted by Gasteiger charge is -2.31. The third-order valence-corrected chi connectivity index (χ3v) is 5.87. The Morgan fingerprint density at radius 3 is 2.80 bits per heavy atom. The topological polar surface area (TPSA) is 44.4 Å². The molecule has 0 aliphatic carbocycles. The maximum atomic E-state index is 12.3. The van der Waals surface area contributed by atoms with E-state index in [4.69, 9.17) is 0 Å². The molecule has 4 rings (SSSR count). The van der Waals surface area contributed by atoms with Gasteiger partial charge in [0, 0.05) is 31.9 Å². The van der Waals surface area contributed by atoms with Gasteiger partial charge in [-0.3, -0.25) is 0 Å². The molecule has 0 bridgehead atoms. The van der Waals surface area contributed by atoms with E-state index in [1.807, 2.05) is 18.2 Å². The van der Waals surface area contributed by atoms with Crippen LogP contribution in [-0.4, -0.2) is 25.7 Å². The number of carbonyl (C=O) groups excluding carboxylic acids is 1. The standard InChI is InChI=1S/C26H31N3O/c1-2-16-29-17-6-10-22-18-20(12-13-25(22)29)14-15-27-26(30)28-19-23-9-5-8-21-7-3-4-11-24(21)23/h3-5,7-9,11-13,18H,2,6,10,14-17,19H2,1H3,(H2,27,28,30). The van der Waals surface area contributed by atoms with Crippen LogP contribution in [0.15, 0.2) is 60.7 Å². The monoisotopic (exact) mass is 401 g/mol. The molecule has 156 valence electrons. The molecule has 2 N–H and O–H groups in total. The number of nitrogens with zero attached hydrogens (tertiary/aromatic N) is 1. The van der Waals surface area contributed by atoms with Crippen LogP contribution in [0.4, 0.5) is 10.5 Å². The summed E-state index contributed by atoms with van der Waals surface area (Å²) in [6.45, 7) is 5.70. The first-order valence-corrected chi connectivity index (χ1v) is 11.1. The molecule has 3 aromatic rings. The number of rotatable bonds is 7. The van der Waals surface area contributed by atoms with Gasteiger partial charge in [0.1, 0.15) is 0 Å². The van der Waals surface area contributed by atoms with E-state index in [1.54, 1.807) is 0 Å². The minimum Gasteiger partial charge on any atom is -0.371 e. The number of carbonyl (C=O) groups is 1. The van der Waals surface area contributed by atoms with Gasteiger partial charge >= 0.3 is 6.03 Å². The third-order valence-electron chi connectivity index (χ3n) is 5.87. The molecule has 4 nitrogen and oxygen atoms in total. The summed E-state index contributed by atoms with van der Waals surface area (Å²) >= 11 is 0. The van der Waals surface area contributed by atoms with Crippen molar-refractivity contribution in [2.45, 2.75) is 39.2 Å². The van der Waals surface area contributed by atoms with Gasteiger partial charge in [0.25, 0.3) is 0 Å². The number of aryl methyl sites for hydroxylation is 1. The van der Waals surface area contributed by atoms with Crippen molar-refractivity contribution in [1.82, 2.24) is 10.6 Å². The van der Waals surface area contributed by atoms with Crippen molar-refractivity contribution in [2.24, 2.45) is 0 Å². The molecule has 0 aromatic heterocycles. The summed E-state index contributed by atoms with van der Waals surface area (Å²) in [5.41, 5.74) is 5.27. The number of nitrogens with one attached hydrogen (secondary N) is 2. The highest BCUT2D eigenvalue weighted by Gasteiger charge is 2.16. The van der Waals surface area contributed by atoms with Gasteiger partial charge in [-0.25, -0.2) is 4.79 Å². The third kappa shape index (κ3) is 4.76. The first kappa shape index (κ1) is 20.3. The van der Waals surface area contributed by atoms with Crippen LogP contribution in [0.25, 0.3) is 10.8 Å². The molecule has 0 unspecified atom stereocenters. The van der Waals surface area contributed by atoms with Gasteiger partial charge in [0.05, 0.1) is 0 Å². The second-order valence-electron chi connectivity index (χ2n) is 8.05. The fourth-order valence-corrected chi connectivity index (χ4v) is 4.39. The zero-order valence-electron chi connectivity index (χ0n) is 17.8.